The van der Waals surface area contributed by atoms with Gasteiger partial charge in [-0.2, -0.15) is 0 Å². The fraction of sp³-hybridized carbons (Fsp3) is 0.109. The molecule has 290 valence electrons. The second-order valence-electron chi connectivity index (χ2n) is 15.1. The molecule has 0 radical (unpaired) electrons. The van der Waals surface area contributed by atoms with E-state index in [0.717, 1.165) is 109 Å². The lowest BCUT2D eigenvalue weighted by Crippen LogP contribution is -2.03. The van der Waals surface area contributed by atoms with Crippen LogP contribution < -0.4 is 0 Å². The summed E-state index contributed by atoms with van der Waals surface area (Å²) in [7, 11) is 0. The van der Waals surface area contributed by atoms with Gasteiger partial charge >= 0.3 is 0 Å². The summed E-state index contributed by atoms with van der Waals surface area (Å²) in [6.45, 7) is 4.17. The molecule has 0 saturated heterocycles. The Bertz CT molecular complexity index is 2750. The van der Waals surface area contributed by atoms with Crippen LogP contribution in [0, 0.1) is 0 Å². The van der Waals surface area contributed by atoms with Crippen LogP contribution in [0.5, 0.6) is 0 Å². The third kappa shape index (κ3) is 8.57. The van der Waals surface area contributed by atoms with Gasteiger partial charge in [-0.25, -0.2) is 15.0 Å². The summed E-state index contributed by atoms with van der Waals surface area (Å²) in [4.78, 5) is 25.0. The van der Waals surface area contributed by atoms with E-state index >= 15 is 0 Å². The summed E-state index contributed by atoms with van der Waals surface area (Å²) >= 11 is 0. The van der Waals surface area contributed by atoms with E-state index in [2.05, 4.69) is 181 Å². The van der Waals surface area contributed by atoms with Crippen LogP contribution in [0.25, 0.3) is 78.7 Å². The molecule has 1 aromatic heterocycles. The van der Waals surface area contributed by atoms with Crippen LogP contribution in [-0.2, 0) is 0 Å². The van der Waals surface area contributed by atoms with Gasteiger partial charge in [0.25, 0.3) is 0 Å². The van der Waals surface area contributed by atoms with Crippen molar-refractivity contribution in [2.45, 2.75) is 39.5 Å². The van der Waals surface area contributed by atoms with Crippen LogP contribution in [0.4, 0.5) is 0 Å². The molecule has 0 saturated carbocycles. The van der Waals surface area contributed by atoms with E-state index in [0.29, 0.717) is 17.5 Å². The molecule has 5 heteroatoms. The van der Waals surface area contributed by atoms with Gasteiger partial charge in [-0.1, -0.05) is 146 Å². The lowest BCUT2D eigenvalue weighted by Gasteiger charge is -2.14. The van der Waals surface area contributed by atoms with E-state index in [1.807, 2.05) is 31.5 Å². The van der Waals surface area contributed by atoms with Crippen LogP contribution in [0.1, 0.15) is 62.0 Å². The van der Waals surface area contributed by atoms with Gasteiger partial charge in [0, 0.05) is 29.1 Å². The number of hydrogen-bond acceptors (Lipinski definition) is 5. The van der Waals surface area contributed by atoms with E-state index < -0.39 is 0 Å². The average Bonchev–Trinajstić information content (AvgIpc) is 3.34. The number of allylic oxidation sites excluding steroid dienone is 6. The van der Waals surface area contributed by atoms with E-state index in [1.165, 1.54) is 0 Å². The first-order chi connectivity index (χ1) is 29.6. The first-order valence-electron chi connectivity index (χ1n) is 20.7. The quantitative estimate of drug-likeness (QED) is 0.130. The van der Waals surface area contributed by atoms with Crippen molar-refractivity contribution in [2.24, 2.45) is 9.98 Å². The Kier molecular flexibility index (Phi) is 11.2. The fourth-order valence-corrected chi connectivity index (χ4v) is 7.69. The molecule has 0 atom stereocenters. The molecule has 3 heterocycles. The van der Waals surface area contributed by atoms with Gasteiger partial charge in [0.1, 0.15) is 0 Å². The molecule has 0 unspecified atom stereocenters. The van der Waals surface area contributed by atoms with E-state index in [-0.39, 0.29) is 0 Å². The molecular formula is C55H45N5. The Balaban J connectivity index is 1.20. The zero-order valence-corrected chi connectivity index (χ0v) is 34.0. The van der Waals surface area contributed by atoms with E-state index in [4.69, 9.17) is 15.0 Å². The molecule has 9 rings (SSSR count). The molecule has 0 aliphatic carbocycles. The molecule has 0 N–H and O–H groups in total. The predicted octanol–water partition coefficient (Wildman–Crippen LogP) is 14.1. The van der Waals surface area contributed by atoms with E-state index in [9.17, 15) is 0 Å². The molecule has 0 bridgehead atoms. The lowest BCUT2D eigenvalue weighted by atomic mass is 9.94. The molecule has 2 aliphatic heterocycles. The van der Waals surface area contributed by atoms with E-state index in [1.54, 1.807) is 0 Å². The molecule has 2 aliphatic rings. The van der Waals surface area contributed by atoms with Gasteiger partial charge in [0.2, 0.25) is 0 Å². The molecular weight excluding hydrogens is 731 g/mol. The zero-order chi connectivity index (χ0) is 40.7. The van der Waals surface area contributed by atoms with Gasteiger partial charge in [-0.15, -0.1) is 0 Å². The smallest absolute Gasteiger partial charge is 0.164 e. The average molecular weight is 776 g/mol. The SMILES string of the molecule is C/C=C(\C=C(/C)c1ccccc1)c1nc(-c2cccc(-c3ccccc3)c2)nc(-c2cc(-c3ccc(C4=CCCC=N4)cc3)cc(-c3ccc(C4=CCCC=N4)cc3)c2)n1. The van der Waals surface area contributed by atoms with Gasteiger partial charge in [-0.05, 0) is 126 Å². The minimum Gasteiger partial charge on any atom is -0.261 e. The topological polar surface area (TPSA) is 63.4 Å². The minimum absolute atomic E-state index is 0.602. The standard InChI is InChI=1S/C55H45N5/c1-3-39(33-38(2)40-15-6-4-7-16-40)53-58-54(47-20-14-19-46(34-47)41-17-8-5-9-18-41)60-55(59-53)50-36-48(42-23-27-44(28-24-42)51-21-10-12-31-56-51)35-49(37-50)43-25-29-45(30-26-43)52-22-11-13-32-57-52/h3-9,14-37H,10-13H2,1-2H3/b38-33+,39-3+. The molecule has 60 heavy (non-hydrogen) atoms. The molecule has 7 aromatic rings. The molecule has 5 nitrogen and oxygen atoms in total. The Morgan fingerprint density at radius 1 is 0.433 bits per heavy atom. The Labute approximate surface area is 352 Å². The molecule has 6 aromatic carbocycles. The van der Waals surface area contributed by atoms with Crippen molar-refractivity contribution in [3.8, 4) is 56.2 Å². The van der Waals surface area contributed by atoms with Crippen molar-refractivity contribution in [3.05, 3.63) is 198 Å². The zero-order valence-electron chi connectivity index (χ0n) is 34.0. The first kappa shape index (κ1) is 38.2. The number of hydrogen-bond donors (Lipinski definition) is 0. The maximum Gasteiger partial charge on any atom is 0.164 e. The van der Waals surface area contributed by atoms with Crippen LogP contribution in [-0.4, -0.2) is 27.4 Å². The van der Waals surface area contributed by atoms with Crippen molar-refractivity contribution in [3.63, 3.8) is 0 Å². The summed E-state index contributed by atoms with van der Waals surface area (Å²) in [5.74, 6) is 1.83. The maximum atomic E-state index is 5.27. The van der Waals surface area contributed by atoms with Crippen LogP contribution in [0.3, 0.4) is 0 Å². The maximum absolute atomic E-state index is 5.27. The number of benzene rings is 6. The number of aliphatic imine (C=N–C) groups is 2. The summed E-state index contributed by atoms with van der Waals surface area (Å²) in [6.07, 6.45) is 16.7. The third-order valence-corrected chi connectivity index (χ3v) is 11.0. The second-order valence-corrected chi connectivity index (χ2v) is 15.1. The van der Waals surface area contributed by atoms with Crippen LogP contribution in [0.15, 0.2) is 186 Å². The van der Waals surface area contributed by atoms with Gasteiger partial charge in [0.05, 0.1) is 11.4 Å². The van der Waals surface area contributed by atoms with Gasteiger partial charge < -0.3 is 0 Å². The lowest BCUT2D eigenvalue weighted by molar-refractivity contribution is 1.04. The van der Waals surface area contributed by atoms with Crippen molar-refractivity contribution in [1.29, 1.82) is 0 Å². The van der Waals surface area contributed by atoms with Crippen molar-refractivity contribution in [2.75, 3.05) is 0 Å². The summed E-state index contributed by atoms with van der Waals surface area (Å²) < 4.78 is 0. The van der Waals surface area contributed by atoms with Crippen molar-refractivity contribution >= 4 is 35.0 Å². The normalized spacial score (nSPS) is 14.2. The highest BCUT2D eigenvalue weighted by atomic mass is 15.0. The summed E-state index contributed by atoms with van der Waals surface area (Å²) in [5, 5.41) is 0. The van der Waals surface area contributed by atoms with Gasteiger partial charge in [0.15, 0.2) is 17.5 Å². The molecule has 0 fully saturated rings. The highest BCUT2D eigenvalue weighted by Gasteiger charge is 2.17. The largest absolute Gasteiger partial charge is 0.261 e. The molecule has 0 spiro atoms. The second kappa shape index (κ2) is 17.6. The Morgan fingerprint density at radius 3 is 1.45 bits per heavy atom. The third-order valence-electron chi connectivity index (χ3n) is 11.0. The monoisotopic (exact) mass is 775 g/mol. The number of aromatic nitrogens is 3. The summed E-state index contributed by atoms with van der Waals surface area (Å²) in [6, 6.07) is 53.4. The summed E-state index contributed by atoms with van der Waals surface area (Å²) in [5.41, 5.74) is 15.9. The highest BCUT2D eigenvalue weighted by Crippen LogP contribution is 2.35. The van der Waals surface area contributed by atoms with Gasteiger partial charge in [-0.3, -0.25) is 9.98 Å². The van der Waals surface area contributed by atoms with Crippen LogP contribution >= 0.6 is 0 Å². The Hall–Kier alpha value is -7.37. The Morgan fingerprint density at radius 2 is 0.900 bits per heavy atom. The number of rotatable bonds is 10. The van der Waals surface area contributed by atoms with Crippen molar-refractivity contribution < 1.29 is 0 Å². The number of nitrogens with zero attached hydrogens (tertiary/aromatic N) is 5. The minimum atomic E-state index is 0.602. The predicted molar refractivity (Wildman–Crippen MR) is 252 cm³/mol. The highest BCUT2D eigenvalue weighted by molar-refractivity contribution is 5.85. The molecule has 0 amide bonds. The van der Waals surface area contributed by atoms with Crippen molar-refractivity contribution in [1.82, 2.24) is 15.0 Å². The van der Waals surface area contributed by atoms with Crippen LogP contribution in [0.2, 0.25) is 0 Å². The first-order valence-corrected chi connectivity index (χ1v) is 20.7. The fourth-order valence-electron chi connectivity index (χ4n) is 7.69.